The number of esters is 1. The van der Waals surface area contributed by atoms with Gasteiger partial charge in [0.1, 0.15) is 6.61 Å². The van der Waals surface area contributed by atoms with Gasteiger partial charge in [-0.05, 0) is 33.1 Å². The molecule has 0 aliphatic rings. The maximum Gasteiger partial charge on any atom is 0.480 e. The largest absolute Gasteiger partial charge is 0.541 e. The fraction of sp³-hybridized carbons (Fsp3) is 0.895. The molecule has 0 saturated heterocycles. The SMILES string of the molecule is CCCC(C)(C)C(=O)OCCNC(=O)NCCCOCCCCC[N-]S(=O)(=O)C(F)(F)F. The summed E-state index contributed by atoms with van der Waals surface area (Å²) in [5.41, 5.74) is -5.89. The molecule has 0 spiro atoms. The molecule has 0 saturated carbocycles. The molecular formula is C19H35F3N3O6S-. The van der Waals surface area contributed by atoms with E-state index >= 15 is 0 Å². The molecule has 0 aliphatic heterocycles. The number of carbonyl (C=O) groups excluding carboxylic acids is 2. The maximum atomic E-state index is 12.1. The lowest BCUT2D eigenvalue weighted by Crippen LogP contribution is -2.38. The second-order valence-corrected chi connectivity index (χ2v) is 9.42. The minimum absolute atomic E-state index is 0.0952. The first-order valence-electron chi connectivity index (χ1n) is 10.6. The Balaban J connectivity index is 3.56. The molecule has 0 heterocycles. The van der Waals surface area contributed by atoms with E-state index < -0.39 is 27.5 Å². The number of sulfonamides is 1. The number of amides is 2. The number of nitrogens with zero attached hydrogens (tertiary/aromatic N) is 1. The van der Waals surface area contributed by atoms with Crippen molar-refractivity contribution in [3.63, 3.8) is 0 Å². The first kappa shape index (κ1) is 30.4. The number of unbranched alkanes of at least 4 members (excludes halogenated alkanes) is 2. The first-order chi connectivity index (χ1) is 14.8. The zero-order valence-electron chi connectivity index (χ0n) is 18.9. The van der Waals surface area contributed by atoms with Crippen LogP contribution in [0, 0.1) is 5.41 Å². The van der Waals surface area contributed by atoms with Crippen LogP contribution in [0.1, 0.15) is 59.3 Å². The van der Waals surface area contributed by atoms with Crippen LogP contribution < -0.4 is 10.6 Å². The van der Waals surface area contributed by atoms with Gasteiger partial charge in [-0.2, -0.15) is 13.2 Å². The van der Waals surface area contributed by atoms with Gasteiger partial charge in [0.2, 0.25) is 0 Å². The molecule has 9 nitrogen and oxygen atoms in total. The van der Waals surface area contributed by atoms with E-state index in [0.29, 0.717) is 39.0 Å². The minimum Gasteiger partial charge on any atom is -0.541 e. The molecule has 0 aliphatic carbocycles. The van der Waals surface area contributed by atoms with Crippen LogP contribution >= 0.6 is 0 Å². The van der Waals surface area contributed by atoms with Crippen molar-refractivity contribution < 1.29 is 40.7 Å². The lowest BCUT2D eigenvalue weighted by Gasteiger charge is -2.21. The predicted molar refractivity (Wildman–Crippen MR) is 114 cm³/mol. The summed E-state index contributed by atoms with van der Waals surface area (Å²) < 4.78 is 70.9. The summed E-state index contributed by atoms with van der Waals surface area (Å²) in [7, 11) is -5.40. The Kier molecular flexibility index (Phi) is 14.5. The molecular weight excluding hydrogens is 455 g/mol. The summed E-state index contributed by atoms with van der Waals surface area (Å²) in [6.07, 6.45) is 3.42. The molecule has 0 aromatic rings. The van der Waals surface area contributed by atoms with E-state index in [1.807, 2.05) is 20.8 Å². The lowest BCUT2D eigenvalue weighted by molar-refractivity contribution is -0.154. The summed E-state index contributed by atoms with van der Waals surface area (Å²) in [5.74, 6) is -0.292. The highest BCUT2D eigenvalue weighted by atomic mass is 32.2. The van der Waals surface area contributed by atoms with Gasteiger partial charge in [-0.3, -0.25) is 4.79 Å². The highest BCUT2D eigenvalue weighted by Gasteiger charge is 2.38. The zero-order valence-corrected chi connectivity index (χ0v) is 19.7. The third-order valence-corrected chi connectivity index (χ3v) is 5.41. The number of ether oxygens (including phenoxy) is 2. The lowest BCUT2D eigenvalue weighted by atomic mass is 9.88. The number of halogens is 3. The summed E-state index contributed by atoms with van der Waals surface area (Å²) in [6.45, 7) is 6.66. The maximum absolute atomic E-state index is 12.1. The van der Waals surface area contributed by atoms with E-state index in [0.717, 1.165) is 12.8 Å². The van der Waals surface area contributed by atoms with Crippen LogP contribution in [0.5, 0.6) is 0 Å². The Morgan fingerprint density at radius 2 is 1.56 bits per heavy atom. The normalized spacial score (nSPS) is 12.4. The summed E-state index contributed by atoms with van der Waals surface area (Å²) >= 11 is 0. The summed E-state index contributed by atoms with van der Waals surface area (Å²) in [5, 5.41) is 5.22. The molecule has 13 heteroatoms. The minimum atomic E-state index is -5.40. The van der Waals surface area contributed by atoms with E-state index in [2.05, 4.69) is 15.4 Å². The highest BCUT2D eigenvalue weighted by molar-refractivity contribution is 7.94. The molecule has 2 amide bonds. The van der Waals surface area contributed by atoms with E-state index in [4.69, 9.17) is 9.47 Å². The molecule has 0 fully saturated rings. The molecule has 0 aromatic carbocycles. The Morgan fingerprint density at radius 3 is 2.19 bits per heavy atom. The number of urea groups is 1. The number of hydrogen-bond acceptors (Lipinski definition) is 6. The molecule has 0 radical (unpaired) electrons. The third-order valence-electron chi connectivity index (χ3n) is 4.30. The van der Waals surface area contributed by atoms with Gasteiger partial charge in [-0.15, -0.1) is 6.54 Å². The smallest absolute Gasteiger partial charge is 0.480 e. The van der Waals surface area contributed by atoms with E-state index in [9.17, 15) is 31.2 Å². The number of hydrogen-bond donors (Lipinski definition) is 2. The Morgan fingerprint density at radius 1 is 0.938 bits per heavy atom. The standard InChI is InChI=1S/C19H35F3N3O6S/c1-4-9-18(2,3)16(26)31-15-12-24-17(27)23-10-8-14-30-13-7-5-6-11-25-32(28,29)19(20,21)22/h4-15H2,1-3H3,(H2,23,24,27)/q-1. The Labute approximate surface area is 188 Å². The van der Waals surface area contributed by atoms with Crippen LogP contribution in [0.25, 0.3) is 4.72 Å². The fourth-order valence-corrected chi connectivity index (χ4v) is 3.04. The molecule has 0 aromatic heterocycles. The zero-order chi connectivity index (χ0) is 24.7. The first-order valence-corrected chi connectivity index (χ1v) is 12.0. The van der Waals surface area contributed by atoms with Crippen molar-refractivity contribution in [3.8, 4) is 0 Å². The third kappa shape index (κ3) is 13.7. The predicted octanol–water partition coefficient (Wildman–Crippen LogP) is 3.46. The average molecular weight is 491 g/mol. The van der Waals surface area contributed by atoms with Crippen LogP contribution in [-0.4, -0.2) is 65.4 Å². The molecule has 0 bridgehead atoms. The summed E-state index contributed by atoms with van der Waals surface area (Å²) in [4.78, 5) is 23.5. The van der Waals surface area contributed by atoms with E-state index in [1.54, 1.807) is 0 Å². The molecule has 0 atom stereocenters. The van der Waals surface area contributed by atoms with Crippen molar-refractivity contribution in [3.05, 3.63) is 4.72 Å². The van der Waals surface area contributed by atoms with Crippen LogP contribution in [0.2, 0.25) is 0 Å². The second-order valence-electron chi connectivity index (χ2n) is 7.75. The van der Waals surface area contributed by atoms with Crippen LogP contribution in [0.15, 0.2) is 0 Å². The van der Waals surface area contributed by atoms with Gasteiger partial charge in [0.05, 0.1) is 12.0 Å². The molecule has 2 N–H and O–H groups in total. The van der Waals surface area contributed by atoms with Crippen molar-refractivity contribution in [2.24, 2.45) is 5.41 Å². The van der Waals surface area contributed by atoms with Gasteiger partial charge < -0.3 is 24.8 Å². The van der Waals surface area contributed by atoms with Crippen molar-refractivity contribution in [2.75, 3.05) is 39.5 Å². The van der Waals surface area contributed by atoms with Crippen molar-refractivity contribution in [1.82, 2.24) is 10.6 Å². The average Bonchev–Trinajstić information content (AvgIpc) is 2.68. The number of carbonyl (C=O) groups is 2. The quantitative estimate of drug-likeness (QED) is 0.238. The number of alkyl halides is 3. The molecule has 0 rings (SSSR count). The monoisotopic (exact) mass is 490 g/mol. The molecule has 0 unspecified atom stereocenters. The Hall–Kier alpha value is -1.60. The van der Waals surface area contributed by atoms with Crippen LogP contribution in [0.4, 0.5) is 18.0 Å². The van der Waals surface area contributed by atoms with Gasteiger partial charge in [-0.25, -0.2) is 13.2 Å². The van der Waals surface area contributed by atoms with Gasteiger partial charge in [0, 0.05) is 19.8 Å². The van der Waals surface area contributed by atoms with Crippen molar-refractivity contribution >= 4 is 22.0 Å². The number of nitrogens with one attached hydrogen (secondary N) is 2. The molecule has 32 heavy (non-hydrogen) atoms. The summed E-state index contributed by atoms with van der Waals surface area (Å²) in [6, 6.07) is -0.383. The molecule has 190 valence electrons. The Bertz CT molecular complexity index is 657. The van der Waals surface area contributed by atoms with Gasteiger partial charge in [0.25, 0.3) is 0 Å². The van der Waals surface area contributed by atoms with E-state index in [1.165, 1.54) is 0 Å². The second kappa shape index (κ2) is 15.3. The van der Waals surface area contributed by atoms with Gasteiger partial charge >= 0.3 is 17.5 Å². The topological polar surface area (TPSA) is 125 Å². The van der Waals surface area contributed by atoms with Crippen molar-refractivity contribution in [1.29, 1.82) is 0 Å². The van der Waals surface area contributed by atoms with Crippen LogP contribution in [0.3, 0.4) is 0 Å². The van der Waals surface area contributed by atoms with Crippen LogP contribution in [-0.2, 0) is 24.3 Å². The van der Waals surface area contributed by atoms with E-state index in [-0.39, 0.29) is 31.6 Å². The van der Waals surface area contributed by atoms with Gasteiger partial charge in [0.15, 0.2) is 10.0 Å². The highest BCUT2D eigenvalue weighted by Crippen LogP contribution is 2.27. The fourth-order valence-electron chi connectivity index (χ4n) is 2.52. The van der Waals surface area contributed by atoms with Crippen molar-refractivity contribution in [2.45, 2.75) is 64.8 Å². The van der Waals surface area contributed by atoms with Gasteiger partial charge in [-0.1, -0.05) is 26.2 Å². The number of rotatable bonds is 17.